The van der Waals surface area contributed by atoms with E-state index in [9.17, 15) is 5.26 Å². The van der Waals surface area contributed by atoms with Crippen molar-refractivity contribution in [3.8, 4) is 11.8 Å². The third kappa shape index (κ3) is 4.40. The zero-order valence-corrected chi connectivity index (χ0v) is 22.1. The fraction of sp³-hybridized carbons (Fsp3) is 0.310. The molecule has 1 N–H and O–H groups in total. The smallest absolute Gasteiger partial charge is 0.133 e. The lowest BCUT2D eigenvalue weighted by Gasteiger charge is -2.40. The second-order valence-corrected chi connectivity index (χ2v) is 10.6. The highest BCUT2D eigenvalue weighted by atomic mass is 35.5. The van der Waals surface area contributed by atoms with E-state index < -0.39 is 16.5 Å². The molecule has 0 bridgehead atoms. The van der Waals surface area contributed by atoms with E-state index in [1.54, 1.807) is 0 Å². The quantitative estimate of drug-likeness (QED) is 0.380. The summed E-state index contributed by atoms with van der Waals surface area (Å²) in [6, 6.07) is 24.0. The van der Waals surface area contributed by atoms with Crippen molar-refractivity contribution in [3.63, 3.8) is 0 Å². The Morgan fingerprint density at radius 2 is 1.51 bits per heavy atom. The molecule has 4 rings (SSSR count). The van der Waals surface area contributed by atoms with Gasteiger partial charge in [-0.2, -0.15) is 5.26 Å². The molecule has 6 heteroatoms. The standard InChI is InChI=1S/C29H29Cl2N3O/c1-6-35-25-17-21(27(2,3)18-32)11-16-24(25)26-33-28(4,19-7-12-22(30)13-8-19)29(5,34-26)20-9-14-23(31)15-10-20/h7-17H,6H2,1-5H3,(H,33,34). The van der Waals surface area contributed by atoms with Gasteiger partial charge in [-0.15, -0.1) is 0 Å². The van der Waals surface area contributed by atoms with E-state index in [0.29, 0.717) is 22.4 Å². The summed E-state index contributed by atoms with van der Waals surface area (Å²) < 4.78 is 6.04. The summed E-state index contributed by atoms with van der Waals surface area (Å²) in [7, 11) is 0. The highest BCUT2D eigenvalue weighted by Gasteiger charge is 2.52. The fourth-order valence-corrected chi connectivity index (χ4v) is 4.81. The Morgan fingerprint density at radius 3 is 2.06 bits per heavy atom. The number of hydrogen-bond acceptors (Lipinski definition) is 4. The van der Waals surface area contributed by atoms with Crippen LogP contribution in [0.2, 0.25) is 10.0 Å². The Morgan fingerprint density at radius 1 is 0.943 bits per heavy atom. The van der Waals surface area contributed by atoms with Gasteiger partial charge in [0, 0.05) is 10.0 Å². The van der Waals surface area contributed by atoms with Crippen LogP contribution in [0.15, 0.2) is 71.7 Å². The van der Waals surface area contributed by atoms with E-state index in [-0.39, 0.29) is 0 Å². The van der Waals surface area contributed by atoms with Gasteiger partial charge in [0.05, 0.1) is 29.2 Å². The number of amidine groups is 1. The minimum atomic E-state index is -0.658. The van der Waals surface area contributed by atoms with E-state index in [4.69, 9.17) is 32.9 Å². The average Bonchev–Trinajstić information content (AvgIpc) is 3.12. The van der Waals surface area contributed by atoms with Crippen molar-refractivity contribution in [2.45, 2.75) is 51.1 Å². The molecule has 2 unspecified atom stereocenters. The summed E-state index contributed by atoms with van der Waals surface area (Å²) >= 11 is 12.4. The first-order valence-electron chi connectivity index (χ1n) is 11.6. The molecular formula is C29H29Cl2N3O. The Bertz CT molecular complexity index is 1310. The zero-order valence-electron chi connectivity index (χ0n) is 20.6. The molecule has 4 nitrogen and oxygen atoms in total. The van der Waals surface area contributed by atoms with Crippen LogP contribution < -0.4 is 10.1 Å². The summed E-state index contributed by atoms with van der Waals surface area (Å²) in [6.07, 6.45) is 0. The highest BCUT2D eigenvalue weighted by Crippen LogP contribution is 2.48. The average molecular weight is 506 g/mol. The number of rotatable bonds is 6. The van der Waals surface area contributed by atoms with E-state index >= 15 is 0 Å². The highest BCUT2D eigenvalue weighted by molar-refractivity contribution is 6.30. The van der Waals surface area contributed by atoms with Crippen LogP contribution in [0.1, 0.15) is 56.9 Å². The van der Waals surface area contributed by atoms with Gasteiger partial charge in [-0.3, -0.25) is 4.99 Å². The zero-order chi connectivity index (χ0) is 25.4. The molecule has 0 aromatic heterocycles. The van der Waals surface area contributed by atoms with Gasteiger partial charge in [-0.25, -0.2) is 0 Å². The van der Waals surface area contributed by atoms with Crippen LogP contribution in [0.5, 0.6) is 5.75 Å². The Kier molecular flexibility index (Phi) is 6.62. The first-order chi connectivity index (χ1) is 16.5. The molecule has 1 heterocycles. The molecule has 0 saturated heterocycles. The number of nitrogens with one attached hydrogen (secondary N) is 1. The monoisotopic (exact) mass is 505 g/mol. The molecule has 1 aliphatic rings. The number of halogens is 2. The third-order valence-corrected chi connectivity index (χ3v) is 7.55. The predicted octanol–water partition coefficient (Wildman–Crippen LogP) is 7.37. The lowest BCUT2D eigenvalue weighted by Crippen LogP contribution is -2.50. The van der Waals surface area contributed by atoms with E-state index in [0.717, 1.165) is 28.1 Å². The molecular weight excluding hydrogens is 477 g/mol. The Labute approximate surface area is 217 Å². The number of nitrogens with zero attached hydrogens (tertiary/aromatic N) is 2. The molecule has 3 aromatic carbocycles. The maximum absolute atomic E-state index is 9.63. The summed E-state index contributed by atoms with van der Waals surface area (Å²) in [4.78, 5) is 5.28. The molecule has 1 aliphatic heterocycles. The number of hydrogen-bond donors (Lipinski definition) is 1. The molecule has 0 radical (unpaired) electrons. The molecule has 0 amide bonds. The second kappa shape index (κ2) is 9.22. The van der Waals surface area contributed by atoms with Gasteiger partial charge in [-0.05, 0) is 87.7 Å². The van der Waals surface area contributed by atoms with E-state index in [1.807, 2.05) is 87.5 Å². The van der Waals surface area contributed by atoms with E-state index in [1.165, 1.54) is 0 Å². The molecule has 0 fully saturated rings. The maximum Gasteiger partial charge on any atom is 0.133 e. The topological polar surface area (TPSA) is 57.4 Å². The summed E-state index contributed by atoms with van der Waals surface area (Å²) in [5, 5.41) is 14.7. The molecule has 0 saturated carbocycles. The largest absolute Gasteiger partial charge is 0.493 e. The van der Waals surface area contributed by atoms with Crippen molar-refractivity contribution in [1.82, 2.24) is 5.32 Å². The number of ether oxygens (including phenoxy) is 1. The van der Waals surface area contributed by atoms with Gasteiger partial charge < -0.3 is 10.1 Å². The van der Waals surface area contributed by atoms with Gasteiger partial charge in [0.15, 0.2) is 0 Å². The first kappa shape index (κ1) is 25.1. The van der Waals surface area contributed by atoms with Crippen molar-refractivity contribution in [2.24, 2.45) is 4.99 Å². The summed E-state index contributed by atoms with van der Waals surface area (Å²) in [6.45, 7) is 10.5. The number of nitriles is 1. The molecule has 35 heavy (non-hydrogen) atoms. The van der Waals surface area contributed by atoms with Gasteiger partial charge in [0.2, 0.25) is 0 Å². The normalized spacial score (nSPS) is 21.7. The maximum atomic E-state index is 9.63. The molecule has 3 aromatic rings. The Balaban J connectivity index is 1.90. The van der Waals surface area contributed by atoms with Crippen LogP contribution in [0, 0.1) is 11.3 Å². The van der Waals surface area contributed by atoms with Crippen molar-refractivity contribution in [2.75, 3.05) is 6.61 Å². The van der Waals surface area contributed by atoms with Gasteiger partial charge in [0.25, 0.3) is 0 Å². The first-order valence-corrected chi connectivity index (χ1v) is 12.4. The lowest BCUT2D eigenvalue weighted by molar-refractivity contribution is 0.268. The predicted molar refractivity (Wildman–Crippen MR) is 144 cm³/mol. The van der Waals surface area contributed by atoms with Crippen LogP contribution in [0.25, 0.3) is 0 Å². The summed E-state index contributed by atoms with van der Waals surface area (Å²) in [5.74, 6) is 1.42. The minimum Gasteiger partial charge on any atom is -0.493 e. The van der Waals surface area contributed by atoms with Crippen LogP contribution in [-0.4, -0.2) is 12.4 Å². The van der Waals surface area contributed by atoms with Gasteiger partial charge >= 0.3 is 0 Å². The molecule has 0 spiro atoms. The van der Waals surface area contributed by atoms with Crippen molar-refractivity contribution >= 4 is 29.0 Å². The van der Waals surface area contributed by atoms with Crippen molar-refractivity contribution in [3.05, 3.63) is 99.0 Å². The number of aliphatic imine (C=N–C) groups is 1. The van der Waals surface area contributed by atoms with Gasteiger partial charge in [-0.1, -0.05) is 53.5 Å². The second-order valence-electron chi connectivity index (χ2n) is 9.68. The molecule has 2 atom stereocenters. The van der Waals surface area contributed by atoms with Crippen LogP contribution in [0.3, 0.4) is 0 Å². The molecule has 0 aliphatic carbocycles. The van der Waals surface area contributed by atoms with Crippen LogP contribution in [-0.2, 0) is 16.5 Å². The summed E-state index contributed by atoms with van der Waals surface area (Å²) in [5.41, 5.74) is 1.95. The lowest BCUT2D eigenvalue weighted by atomic mass is 9.72. The van der Waals surface area contributed by atoms with Crippen molar-refractivity contribution < 1.29 is 4.74 Å². The van der Waals surface area contributed by atoms with Crippen LogP contribution >= 0.6 is 23.2 Å². The van der Waals surface area contributed by atoms with Crippen LogP contribution in [0.4, 0.5) is 0 Å². The van der Waals surface area contributed by atoms with E-state index in [2.05, 4.69) is 25.2 Å². The van der Waals surface area contributed by atoms with Gasteiger partial charge in [0.1, 0.15) is 17.1 Å². The SMILES string of the molecule is CCOc1cc(C(C)(C)C#N)ccc1C1=NC(C)(c2ccc(Cl)cc2)C(C)(c2ccc(Cl)cc2)N1. The minimum absolute atomic E-state index is 0.500. The Hall–Kier alpha value is -3.00. The third-order valence-electron chi connectivity index (χ3n) is 7.04. The fourth-order valence-electron chi connectivity index (χ4n) is 4.56. The van der Waals surface area contributed by atoms with Crippen molar-refractivity contribution in [1.29, 1.82) is 5.26 Å². The number of benzene rings is 3. The molecule has 180 valence electrons.